The fourth-order valence-electron chi connectivity index (χ4n) is 2.66. The van der Waals surface area contributed by atoms with Gasteiger partial charge in [-0.15, -0.1) is 0 Å². The Morgan fingerprint density at radius 1 is 1.19 bits per heavy atom. The number of hydrogen-bond acceptors (Lipinski definition) is 2. The fraction of sp³-hybridized carbons (Fsp3) is 0.529. The first-order valence-electron chi connectivity index (χ1n) is 7.39. The van der Waals surface area contributed by atoms with Crippen LogP contribution in [0.15, 0.2) is 24.3 Å². The minimum Gasteiger partial charge on any atom is -0.336 e. The molecule has 0 N–H and O–H groups in total. The third-order valence-electron chi connectivity index (χ3n) is 3.84. The summed E-state index contributed by atoms with van der Waals surface area (Å²) < 4.78 is 0. The van der Waals surface area contributed by atoms with Crippen LogP contribution in [0, 0.1) is 5.41 Å². The number of amides is 2. The molecule has 2 amide bonds. The van der Waals surface area contributed by atoms with E-state index in [1.165, 1.54) is 16.0 Å². The van der Waals surface area contributed by atoms with Crippen molar-refractivity contribution in [2.24, 2.45) is 5.41 Å². The van der Waals surface area contributed by atoms with Crippen molar-refractivity contribution >= 4 is 11.8 Å². The summed E-state index contributed by atoms with van der Waals surface area (Å²) in [6, 6.07) is 8.22. The molecule has 0 unspecified atom stereocenters. The lowest BCUT2D eigenvalue weighted by atomic mass is 9.95. The molecule has 114 valence electrons. The molecule has 1 aromatic rings. The Bertz CT molecular complexity index is 546. The van der Waals surface area contributed by atoms with Crippen molar-refractivity contribution in [2.75, 3.05) is 20.1 Å². The first-order valence-corrected chi connectivity index (χ1v) is 7.39. The maximum Gasteiger partial charge on any atom is 0.242 e. The van der Waals surface area contributed by atoms with Crippen LogP contribution in [-0.4, -0.2) is 41.8 Å². The van der Waals surface area contributed by atoms with Gasteiger partial charge in [-0.25, -0.2) is 0 Å². The third-order valence-corrected chi connectivity index (χ3v) is 3.84. The number of nitrogens with zero attached hydrogens (tertiary/aromatic N) is 2. The van der Waals surface area contributed by atoms with Gasteiger partial charge in [0.15, 0.2) is 0 Å². The monoisotopic (exact) mass is 288 g/mol. The third kappa shape index (κ3) is 3.63. The Morgan fingerprint density at radius 3 is 2.43 bits per heavy atom. The lowest BCUT2D eigenvalue weighted by molar-refractivity contribution is -0.144. The molecule has 2 rings (SSSR count). The first-order chi connectivity index (χ1) is 9.79. The summed E-state index contributed by atoms with van der Waals surface area (Å²) in [6.45, 7) is 7.13. The number of fused-ring (bicyclic) bond motifs is 1. The van der Waals surface area contributed by atoms with Gasteiger partial charge in [-0.3, -0.25) is 9.59 Å². The molecule has 0 radical (unpaired) electrons. The highest BCUT2D eigenvalue weighted by molar-refractivity contribution is 5.87. The van der Waals surface area contributed by atoms with E-state index in [0.717, 1.165) is 13.0 Å². The van der Waals surface area contributed by atoms with E-state index in [0.29, 0.717) is 6.54 Å². The predicted molar refractivity (Wildman–Crippen MR) is 82.7 cm³/mol. The van der Waals surface area contributed by atoms with E-state index in [1.807, 2.05) is 37.8 Å². The van der Waals surface area contributed by atoms with Gasteiger partial charge in [0.25, 0.3) is 0 Å². The molecule has 1 heterocycles. The SMILES string of the molecule is CN(CC(=O)N1CCc2ccccc2C1)C(=O)C(C)(C)C. The van der Waals surface area contributed by atoms with Crippen molar-refractivity contribution in [1.29, 1.82) is 0 Å². The zero-order valence-electron chi connectivity index (χ0n) is 13.3. The Balaban J connectivity index is 1.98. The van der Waals surface area contributed by atoms with Gasteiger partial charge in [-0.2, -0.15) is 0 Å². The second-order valence-electron chi connectivity index (χ2n) is 6.75. The zero-order valence-corrected chi connectivity index (χ0v) is 13.3. The summed E-state index contributed by atoms with van der Waals surface area (Å²) in [5, 5.41) is 0. The number of hydrogen-bond donors (Lipinski definition) is 0. The standard InChI is InChI=1S/C17H24N2O2/c1-17(2,3)16(21)18(4)12-15(20)19-10-9-13-7-5-6-8-14(13)11-19/h5-8H,9-12H2,1-4H3. The van der Waals surface area contributed by atoms with Gasteiger partial charge in [-0.05, 0) is 17.5 Å². The first kappa shape index (κ1) is 15.5. The van der Waals surface area contributed by atoms with Crippen molar-refractivity contribution in [1.82, 2.24) is 9.80 Å². The Hall–Kier alpha value is -1.84. The van der Waals surface area contributed by atoms with E-state index in [1.54, 1.807) is 7.05 Å². The van der Waals surface area contributed by atoms with Gasteiger partial charge in [0, 0.05) is 25.6 Å². The highest BCUT2D eigenvalue weighted by Crippen LogP contribution is 2.20. The van der Waals surface area contributed by atoms with E-state index < -0.39 is 5.41 Å². The van der Waals surface area contributed by atoms with Crippen molar-refractivity contribution in [2.45, 2.75) is 33.7 Å². The summed E-state index contributed by atoms with van der Waals surface area (Å²) >= 11 is 0. The van der Waals surface area contributed by atoms with E-state index in [-0.39, 0.29) is 18.4 Å². The van der Waals surface area contributed by atoms with E-state index in [9.17, 15) is 9.59 Å². The lowest BCUT2D eigenvalue weighted by Gasteiger charge is -2.32. The smallest absolute Gasteiger partial charge is 0.242 e. The van der Waals surface area contributed by atoms with Crippen LogP contribution in [0.2, 0.25) is 0 Å². The summed E-state index contributed by atoms with van der Waals surface area (Å²) in [7, 11) is 1.70. The second kappa shape index (κ2) is 5.88. The normalized spacial score (nSPS) is 14.6. The number of carbonyl (C=O) groups excluding carboxylic acids is 2. The van der Waals surface area contributed by atoms with Gasteiger partial charge in [0.1, 0.15) is 0 Å². The van der Waals surface area contributed by atoms with Crippen LogP contribution in [0.1, 0.15) is 31.9 Å². The molecular formula is C17H24N2O2. The molecule has 4 heteroatoms. The van der Waals surface area contributed by atoms with Crippen LogP contribution < -0.4 is 0 Å². The molecule has 1 aliphatic rings. The highest BCUT2D eigenvalue weighted by Gasteiger charge is 2.28. The van der Waals surface area contributed by atoms with Gasteiger partial charge in [0.2, 0.25) is 11.8 Å². The van der Waals surface area contributed by atoms with E-state index in [2.05, 4.69) is 12.1 Å². The summed E-state index contributed by atoms with van der Waals surface area (Å²) in [6.07, 6.45) is 0.888. The van der Waals surface area contributed by atoms with Gasteiger partial charge >= 0.3 is 0 Å². The number of carbonyl (C=O) groups is 2. The Morgan fingerprint density at radius 2 is 1.81 bits per heavy atom. The largest absolute Gasteiger partial charge is 0.336 e. The van der Waals surface area contributed by atoms with Crippen molar-refractivity contribution in [3.05, 3.63) is 35.4 Å². The van der Waals surface area contributed by atoms with Crippen molar-refractivity contribution in [3.63, 3.8) is 0 Å². The molecule has 0 aliphatic carbocycles. The predicted octanol–water partition coefficient (Wildman–Crippen LogP) is 2.08. The molecule has 0 bridgehead atoms. The molecule has 0 saturated carbocycles. The molecule has 0 fully saturated rings. The molecule has 0 atom stereocenters. The quantitative estimate of drug-likeness (QED) is 0.836. The summed E-state index contributed by atoms with van der Waals surface area (Å²) in [5.74, 6) is 0.0119. The second-order valence-corrected chi connectivity index (χ2v) is 6.75. The number of benzene rings is 1. The Kier molecular flexibility index (Phi) is 4.35. The van der Waals surface area contributed by atoms with Gasteiger partial charge in [-0.1, -0.05) is 45.0 Å². The number of rotatable bonds is 2. The molecule has 1 aliphatic heterocycles. The fourth-order valence-corrected chi connectivity index (χ4v) is 2.66. The molecule has 4 nitrogen and oxygen atoms in total. The summed E-state index contributed by atoms with van der Waals surface area (Å²) in [5.41, 5.74) is 2.08. The molecule has 21 heavy (non-hydrogen) atoms. The van der Waals surface area contributed by atoms with Crippen LogP contribution >= 0.6 is 0 Å². The maximum atomic E-state index is 12.4. The van der Waals surface area contributed by atoms with E-state index >= 15 is 0 Å². The average molecular weight is 288 g/mol. The summed E-state index contributed by atoms with van der Waals surface area (Å²) in [4.78, 5) is 27.9. The van der Waals surface area contributed by atoms with Crippen LogP contribution in [-0.2, 0) is 22.6 Å². The molecule has 1 aromatic carbocycles. The van der Waals surface area contributed by atoms with Crippen molar-refractivity contribution in [3.8, 4) is 0 Å². The maximum absolute atomic E-state index is 12.4. The molecular weight excluding hydrogens is 264 g/mol. The molecule has 0 aromatic heterocycles. The Labute approximate surface area is 126 Å². The number of likely N-dealkylation sites (N-methyl/N-ethyl adjacent to an activating group) is 1. The van der Waals surface area contributed by atoms with Gasteiger partial charge < -0.3 is 9.80 Å². The molecule has 0 saturated heterocycles. The highest BCUT2D eigenvalue weighted by atomic mass is 16.2. The van der Waals surface area contributed by atoms with Crippen LogP contribution in [0.25, 0.3) is 0 Å². The van der Waals surface area contributed by atoms with Gasteiger partial charge in [0.05, 0.1) is 6.54 Å². The van der Waals surface area contributed by atoms with Crippen molar-refractivity contribution < 1.29 is 9.59 Å². The topological polar surface area (TPSA) is 40.6 Å². The van der Waals surface area contributed by atoms with E-state index in [4.69, 9.17) is 0 Å². The lowest BCUT2D eigenvalue weighted by Crippen LogP contribution is -2.45. The average Bonchev–Trinajstić information content (AvgIpc) is 2.44. The minimum absolute atomic E-state index is 0.00624. The van der Waals surface area contributed by atoms with Crippen LogP contribution in [0.5, 0.6) is 0 Å². The molecule has 0 spiro atoms. The van der Waals surface area contributed by atoms with Crippen LogP contribution in [0.3, 0.4) is 0 Å². The van der Waals surface area contributed by atoms with Crippen LogP contribution in [0.4, 0.5) is 0 Å². The minimum atomic E-state index is -0.455. The zero-order chi connectivity index (χ0) is 15.6.